The van der Waals surface area contributed by atoms with Crippen LogP contribution in [0.15, 0.2) is 53.8 Å². The molecule has 0 spiro atoms. The molecule has 0 bridgehead atoms. The van der Waals surface area contributed by atoms with Crippen LogP contribution in [0, 0.1) is 0 Å². The van der Waals surface area contributed by atoms with E-state index in [9.17, 15) is 14.4 Å². The van der Waals surface area contributed by atoms with Gasteiger partial charge >= 0.3 is 0 Å². The normalized spacial score (nSPS) is 17.2. The second-order valence-corrected chi connectivity index (χ2v) is 4.90. The van der Waals surface area contributed by atoms with Gasteiger partial charge in [-0.25, -0.2) is 0 Å². The fourth-order valence-corrected chi connectivity index (χ4v) is 2.17. The van der Waals surface area contributed by atoms with Gasteiger partial charge in [-0.1, -0.05) is 42.5 Å². The van der Waals surface area contributed by atoms with Crippen molar-refractivity contribution < 1.29 is 14.4 Å². The highest BCUT2D eigenvalue weighted by Gasteiger charge is 2.23. The van der Waals surface area contributed by atoms with E-state index in [1.165, 1.54) is 13.0 Å². The van der Waals surface area contributed by atoms with Crippen molar-refractivity contribution in [1.29, 1.82) is 0 Å². The lowest BCUT2D eigenvalue weighted by molar-refractivity contribution is -0.122. The summed E-state index contributed by atoms with van der Waals surface area (Å²) in [5.74, 6) is -0.988. The first-order chi connectivity index (χ1) is 10.1. The topological polar surface area (TPSA) is 63.2 Å². The van der Waals surface area contributed by atoms with Gasteiger partial charge in [-0.05, 0) is 25.3 Å². The van der Waals surface area contributed by atoms with E-state index in [-0.39, 0.29) is 29.4 Å². The quantitative estimate of drug-likeness (QED) is 0.680. The Morgan fingerprint density at radius 1 is 1.24 bits per heavy atom. The van der Waals surface area contributed by atoms with E-state index in [0.29, 0.717) is 6.42 Å². The number of hydrogen-bond acceptors (Lipinski definition) is 3. The Balaban J connectivity index is 2.11. The first kappa shape index (κ1) is 14.9. The van der Waals surface area contributed by atoms with Crippen LogP contribution in [0.2, 0.25) is 0 Å². The summed E-state index contributed by atoms with van der Waals surface area (Å²) in [5.41, 5.74) is 1.44. The number of carbonyl (C=O) groups excluding carboxylic acids is 3. The highest BCUT2D eigenvalue weighted by molar-refractivity contribution is 6.26. The molecule has 1 aliphatic rings. The number of carbonyl (C=O) groups is 3. The lowest BCUT2D eigenvalue weighted by Gasteiger charge is -2.06. The third-order valence-corrected chi connectivity index (χ3v) is 3.26. The number of benzene rings is 1. The van der Waals surface area contributed by atoms with Gasteiger partial charge in [0, 0.05) is 6.42 Å². The Hall–Kier alpha value is -2.49. The van der Waals surface area contributed by atoms with Crippen molar-refractivity contribution in [2.75, 3.05) is 0 Å². The van der Waals surface area contributed by atoms with E-state index in [1.54, 1.807) is 6.08 Å². The summed E-state index contributed by atoms with van der Waals surface area (Å²) in [6.07, 6.45) is 4.53. The van der Waals surface area contributed by atoms with Crippen LogP contribution in [-0.2, 0) is 20.8 Å². The smallest absolute Gasteiger partial charge is 0.228 e. The minimum Gasteiger partial charge on any atom is -0.323 e. The summed E-state index contributed by atoms with van der Waals surface area (Å²) >= 11 is 0. The number of Topliss-reactive ketones (excluding diaryl/α,β-unsaturated/α-hetero) is 2. The van der Waals surface area contributed by atoms with Crippen LogP contribution >= 0.6 is 0 Å². The van der Waals surface area contributed by atoms with E-state index in [2.05, 4.69) is 5.32 Å². The first-order valence-electron chi connectivity index (χ1n) is 6.87. The van der Waals surface area contributed by atoms with Crippen molar-refractivity contribution in [3.05, 3.63) is 59.3 Å². The van der Waals surface area contributed by atoms with E-state index >= 15 is 0 Å². The van der Waals surface area contributed by atoms with Crippen molar-refractivity contribution >= 4 is 17.5 Å². The monoisotopic (exact) mass is 283 g/mol. The molecule has 1 heterocycles. The highest BCUT2D eigenvalue weighted by Crippen LogP contribution is 2.13. The molecule has 1 N–H and O–H groups in total. The van der Waals surface area contributed by atoms with Crippen LogP contribution in [-0.4, -0.2) is 17.5 Å². The van der Waals surface area contributed by atoms with E-state index in [1.807, 2.05) is 30.3 Å². The molecule has 1 aromatic rings. The maximum absolute atomic E-state index is 12.2. The van der Waals surface area contributed by atoms with Gasteiger partial charge < -0.3 is 5.32 Å². The molecule has 0 fully saturated rings. The molecule has 4 nitrogen and oxygen atoms in total. The molecule has 0 saturated carbocycles. The summed E-state index contributed by atoms with van der Waals surface area (Å²) in [5, 5.41) is 2.57. The zero-order valence-corrected chi connectivity index (χ0v) is 11.9. The Kier molecular flexibility index (Phi) is 4.82. The van der Waals surface area contributed by atoms with E-state index in [0.717, 1.165) is 12.0 Å². The van der Waals surface area contributed by atoms with E-state index in [4.69, 9.17) is 0 Å². The summed E-state index contributed by atoms with van der Waals surface area (Å²) in [4.78, 5) is 35.2. The van der Waals surface area contributed by atoms with Gasteiger partial charge in [0.1, 0.15) is 0 Å². The van der Waals surface area contributed by atoms with Crippen molar-refractivity contribution in [2.45, 2.75) is 26.2 Å². The van der Waals surface area contributed by atoms with Crippen molar-refractivity contribution in [1.82, 2.24) is 5.32 Å². The lowest BCUT2D eigenvalue weighted by atomic mass is 10.0. The Labute approximate surface area is 123 Å². The highest BCUT2D eigenvalue weighted by atomic mass is 16.2. The summed E-state index contributed by atoms with van der Waals surface area (Å²) < 4.78 is 0. The van der Waals surface area contributed by atoms with Crippen molar-refractivity contribution in [3.8, 4) is 0 Å². The molecule has 1 amide bonds. The molecule has 1 aliphatic heterocycles. The second-order valence-electron chi connectivity index (χ2n) is 4.90. The Morgan fingerprint density at radius 2 is 1.95 bits per heavy atom. The predicted molar refractivity (Wildman–Crippen MR) is 79.4 cm³/mol. The summed E-state index contributed by atoms with van der Waals surface area (Å²) in [6, 6.07) is 9.87. The molecule has 1 aromatic carbocycles. The van der Waals surface area contributed by atoms with Gasteiger partial charge in [0.15, 0.2) is 5.78 Å². The average Bonchev–Trinajstić information content (AvgIpc) is 2.60. The number of nitrogens with one attached hydrogen (secondary N) is 1. The zero-order chi connectivity index (χ0) is 15.2. The SMILES string of the molecule is CC(=O)C1=CCC(=O)N/C(=C/CCc2ccccc2)C1=O. The molecule has 0 saturated heterocycles. The zero-order valence-electron chi connectivity index (χ0n) is 11.9. The Morgan fingerprint density at radius 3 is 2.62 bits per heavy atom. The number of hydrogen-bond donors (Lipinski definition) is 1. The molecule has 0 radical (unpaired) electrons. The molecule has 21 heavy (non-hydrogen) atoms. The number of aryl methyl sites for hydroxylation is 1. The lowest BCUT2D eigenvalue weighted by Crippen LogP contribution is -2.26. The van der Waals surface area contributed by atoms with Gasteiger partial charge in [-0.15, -0.1) is 0 Å². The van der Waals surface area contributed by atoms with Crippen molar-refractivity contribution in [3.63, 3.8) is 0 Å². The van der Waals surface area contributed by atoms with Crippen LogP contribution in [0.25, 0.3) is 0 Å². The standard InChI is InChI=1S/C17H17NO3/c1-12(19)14-10-11-16(20)18-15(17(14)21)9-5-8-13-6-3-2-4-7-13/h2-4,6-7,9-10H,5,8,11H2,1H3,(H,18,20)/b15-9+. The third-order valence-electron chi connectivity index (χ3n) is 3.26. The van der Waals surface area contributed by atoms with Crippen LogP contribution in [0.4, 0.5) is 0 Å². The fraction of sp³-hybridized carbons (Fsp3) is 0.235. The van der Waals surface area contributed by atoms with Crippen LogP contribution in [0.1, 0.15) is 25.3 Å². The molecular weight excluding hydrogens is 266 g/mol. The number of rotatable bonds is 4. The van der Waals surface area contributed by atoms with Gasteiger partial charge in [-0.3, -0.25) is 14.4 Å². The predicted octanol–water partition coefficient (Wildman–Crippen LogP) is 2.11. The molecule has 0 atom stereocenters. The van der Waals surface area contributed by atoms with Crippen LogP contribution in [0.3, 0.4) is 0 Å². The molecule has 2 rings (SSSR count). The van der Waals surface area contributed by atoms with Gasteiger partial charge in [-0.2, -0.15) is 0 Å². The van der Waals surface area contributed by atoms with Crippen LogP contribution < -0.4 is 5.32 Å². The van der Waals surface area contributed by atoms with Crippen molar-refractivity contribution in [2.24, 2.45) is 0 Å². The van der Waals surface area contributed by atoms with Crippen LogP contribution in [0.5, 0.6) is 0 Å². The number of ketones is 2. The maximum atomic E-state index is 12.2. The Bertz CT molecular complexity index is 627. The number of allylic oxidation sites excluding steroid dienone is 2. The first-order valence-corrected chi connectivity index (χ1v) is 6.87. The van der Waals surface area contributed by atoms with Gasteiger partial charge in [0.25, 0.3) is 0 Å². The minimum atomic E-state index is -0.401. The van der Waals surface area contributed by atoms with E-state index < -0.39 is 5.78 Å². The minimum absolute atomic E-state index is 0.0523. The van der Waals surface area contributed by atoms with Gasteiger partial charge in [0.2, 0.25) is 11.7 Å². The molecule has 108 valence electrons. The molecule has 0 aliphatic carbocycles. The molecule has 4 heteroatoms. The summed E-state index contributed by atoms with van der Waals surface area (Å²) in [7, 11) is 0. The molecule has 0 aromatic heterocycles. The largest absolute Gasteiger partial charge is 0.323 e. The summed E-state index contributed by atoms with van der Waals surface area (Å²) in [6.45, 7) is 1.33. The fourth-order valence-electron chi connectivity index (χ4n) is 2.17. The average molecular weight is 283 g/mol. The molecule has 0 unspecified atom stereocenters. The second kappa shape index (κ2) is 6.79. The third kappa shape index (κ3) is 3.99. The maximum Gasteiger partial charge on any atom is 0.228 e. The molecular formula is C17H17NO3. The van der Waals surface area contributed by atoms with Gasteiger partial charge in [0.05, 0.1) is 11.3 Å². The number of amides is 1.